The molecule has 0 atom stereocenters. The topological polar surface area (TPSA) is 118 Å². The lowest BCUT2D eigenvalue weighted by molar-refractivity contribution is -0.141. The number of nitrogens with one attached hydrogen (secondary N) is 2. The summed E-state index contributed by atoms with van der Waals surface area (Å²) in [4.78, 5) is 20.4. The number of hydrogen-bond acceptors (Lipinski definition) is 4. The molecule has 1 aliphatic rings. The smallest absolute Gasteiger partial charge is 0.341 e. The van der Waals surface area contributed by atoms with Gasteiger partial charge in [-0.3, -0.25) is 4.79 Å². The summed E-state index contributed by atoms with van der Waals surface area (Å²) in [7, 11) is 0. The van der Waals surface area contributed by atoms with E-state index in [2.05, 4.69) is 10.9 Å². The highest BCUT2D eigenvalue weighted by Crippen LogP contribution is 2.17. The zero-order valence-electron chi connectivity index (χ0n) is 5.63. The number of carboxylic acid groups (broad SMARTS) is 2. The summed E-state index contributed by atoms with van der Waals surface area (Å²) < 4.78 is 0. The molecule has 6 nitrogen and oxygen atoms in total. The second kappa shape index (κ2) is 2.48. The zero-order valence-corrected chi connectivity index (χ0v) is 5.63. The van der Waals surface area contributed by atoms with E-state index in [1.165, 1.54) is 0 Å². The van der Waals surface area contributed by atoms with Crippen molar-refractivity contribution in [3.63, 3.8) is 0 Å². The van der Waals surface area contributed by atoms with Gasteiger partial charge in [0, 0.05) is 12.8 Å². The number of carbonyl (C=O) groups is 2. The molecule has 1 saturated heterocycles. The lowest BCUT2D eigenvalue weighted by Crippen LogP contribution is -2.30. The molecule has 0 aromatic carbocycles. The van der Waals surface area contributed by atoms with Crippen molar-refractivity contribution in [3.8, 4) is 0 Å². The van der Waals surface area contributed by atoms with E-state index >= 15 is 0 Å². The molecule has 0 saturated carbocycles. The van der Waals surface area contributed by atoms with E-state index in [1.54, 1.807) is 0 Å². The average Bonchev–Trinajstić information content (AvgIpc) is 2.63. The normalized spacial score (nSPS) is 19.3. The quantitative estimate of drug-likeness (QED) is 0.381. The van der Waals surface area contributed by atoms with Crippen molar-refractivity contribution in [3.05, 3.63) is 0 Å². The van der Waals surface area contributed by atoms with Crippen LogP contribution in [0.3, 0.4) is 0 Å². The lowest BCUT2D eigenvalue weighted by Gasteiger charge is -2.01. The summed E-state index contributed by atoms with van der Waals surface area (Å²) in [6, 6.07) is 0. The summed E-state index contributed by atoms with van der Waals surface area (Å²) >= 11 is 0. The Hall–Kier alpha value is -1.14. The van der Waals surface area contributed by atoms with Crippen LogP contribution < -0.4 is 10.9 Å². The second-order valence-corrected chi connectivity index (χ2v) is 2.35. The van der Waals surface area contributed by atoms with Gasteiger partial charge in [0.05, 0.1) is 0 Å². The summed E-state index contributed by atoms with van der Waals surface area (Å²) in [5, 5.41) is 16.7. The number of carboxylic acids is 2. The summed E-state index contributed by atoms with van der Waals surface area (Å²) in [5.41, 5.74) is 3.60. The van der Waals surface area contributed by atoms with Crippen LogP contribution in [0.5, 0.6) is 0 Å². The van der Waals surface area contributed by atoms with Crippen molar-refractivity contribution < 1.29 is 19.8 Å². The van der Waals surface area contributed by atoms with Crippen LogP contribution in [0.4, 0.5) is 0 Å². The maximum absolute atomic E-state index is 10.4. The molecule has 1 rings (SSSR count). The van der Waals surface area contributed by atoms with Crippen LogP contribution >= 0.6 is 0 Å². The average molecular weight is 160 g/mol. The number of hydrazine groups is 1. The highest BCUT2D eigenvalue weighted by molar-refractivity contribution is 5.81. The van der Waals surface area contributed by atoms with Gasteiger partial charge in [-0.1, -0.05) is 0 Å². The standard InChI is InChI=1S/C5H8N2O4/c8-3(9)1-2-5(4(10)11)6-7-5/h6-7H,1-2H2,(H,8,9)(H,10,11). The minimum atomic E-state index is -1.18. The highest BCUT2D eigenvalue weighted by atomic mass is 16.4. The van der Waals surface area contributed by atoms with Crippen molar-refractivity contribution in [2.75, 3.05) is 0 Å². The van der Waals surface area contributed by atoms with Crippen LogP contribution in [0.1, 0.15) is 12.8 Å². The Balaban J connectivity index is 2.36. The van der Waals surface area contributed by atoms with Gasteiger partial charge in [0.2, 0.25) is 0 Å². The third-order valence-electron chi connectivity index (χ3n) is 1.51. The molecular formula is C5H8N2O4. The van der Waals surface area contributed by atoms with Crippen molar-refractivity contribution in [1.82, 2.24) is 10.9 Å². The van der Waals surface area contributed by atoms with Crippen LogP contribution in [-0.2, 0) is 9.59 Å². The summed E-state index contributed by atoms with van der Waals surface area (Å²) in [6.45, 7) is 0. The predicted octanol–water partition coefficient (Wildman–Crippen LogP) is -1.26. The van der Waals surface area contributed by atoms with Crippen LogP contribution in [-0.4, -0.2) is 27.8 Å². The first-order valence-electron chi connectivity index (χ1n) is 3.06. The molecular weight excluding hydrogens is 152 g/mol. The van der Waals surface area contributed by atoms with Crippen molar-refractivity contribution in [2.45, 2.75) is 18.5 Å². The van der Waals surface area contributed by atoms with E-state index in [4.69, 9.17) is 10.2 Å². The molecule has 0 unspecified atom stereocenters. The second-order valence-electron chi connectivity index (χ2n) is 2.35. The molecule has 11 heavy (non-hydrogen) atoms. The minimum absolute atomic E-state index is 0.0532. The van der Waals surface area contributed by atoms with E-state index in [-0.39, 0.29) is 12.8 Å². The van der Waals surface area contributed by atoms with E-state index in [1.807, 2.05) is 0 Å². The molecule has 1 fully saturated rings. The lowest BCUT2D eigenvalue weighted by atomic mass is 10.1. The Labute approximate surface area is 62.2 Å². The number of rotatable bonds is 4. The zero-order chi connectivity index (χ0) is 8.48. The van der Waals surface area contributed by atoms with Gasteiger partial charge in [0.25, 0.3) is 0 Å². The molecule has 0 spiro atoms. The molecule has 62 valence electrons. The Morgan fingerprint density at radius 2 is 1.82 bits per heavy atom. The van der Waals surface area contributed by atoms with Gasteiger partial charge in [-0.05, 0) is 0 Å². The SMILES string of the molecule is O=C(O)CCC1(C(=O)O)NN1. The molecule has 1 aliphatic heterocycles. The fourth-order valence-electron chi connectivity index (χ4n) is 0.709. The van der Waals surface area contributed by atoms with Gasteiger partial charge in [-0.2, -0.15) is 0 Å². The molecule has 6 heteroatoms. The van der Waals surface area contributed by atoms with Gasteiger partial charge in [0.1, 0.15) is 0 Å². The van der Waals surface area contributed by atoms with Crippen LogP contribution in [0.25, 0.3) is 0 Å². The van der Waals surface area contributed by atoms with Gasteiger partial charge in [-0.15, -0.1) is 0 Å². The Morgan fingerprint density at radius 3 is 2.09 bits per heavy atom. The van der Waals surface area contributed by atoms with Crippen LogP contribution in [0.2, 0.25) is 0 Å². The highest BCUT2D eigenvalue weighted by Gasteiger charge is 2.49. The van der Waals surface area contributed by atoms with Gasteiger partial charge in [-0.25, -0.2) is 15.6 Å². The number of aliphatic carboxylic acids is 2. The van der Waals surface area contributed by atoms with Gasteiger partial charge in [0.15, 0.2) is 5.66 Å². The summed E-state index contributed by atoms with van der Waals surface area (Å²) in [6.07, 6.45) is -0.107. The Morgan fingerprint density at radius 1 is 1.27 bits per heavy atom. The molecule has 0 aromatic rings. The maximum Gasteiger partial charge on any atom is 0.341 e. The first-order chi connectivity index (χ1) is 5.07. The first-order valence-corrected chi connectivity index (χ1v) is 3.06. The van der Waals surface area contributed by atoms with Gasteiger partial charge >= 0.3 is 11.9 Å². The van der Waals surface area contributed by atoms with Crippen molar-refractivity contribution in [1.29, 1.82) is 0 Å². The largest absolute Gasteiger partial charge is 0.481 e. The number of hydrogen-bond donors (Lipinski definition) is 4. The van der Waals surface area contributed by atoms with Crippen LogP contribution in [0.15, 0.2) is 0 Å². The molecule has 0 aromatic heterocycles. The molecule has 0 radical (unpaired) electrons. The molecule has 0 amide bonds. The predicted molar refractivity (Wildman–Crippen MR) is 33.5 cm³/mol. The van der Waals surface area contributed by atoms with Crippen molar-refractivity contribution >= 4 is 11.9 Å². The molecule has 0 bridgehead atoms. The Kier molecular flexibility index (Phi) is 1.79. The van der Waals surface area contributed by atoms with Crippen molar-refractivity contribution in [2.24, 2.45) is 0 Å². The van der Waals surface area contributed by atoms with E-state index < -0.39 is 17.6 Å². The first kappa shape index (κ1) is 7.96. The monoisotopic (exact) mass is 160 g/mol. The fourth-order valence-corrected chi connectivity index (χ4v) is 0.709. The van der Waals surface area contributed by atoms with E-state index in [0.29, 0.717) is 0 Å². The van der Waals surface area contributed by atoms with E-state index in [9.17, 15) is 9.59 Å². The molecule has 1 heterocycles. The Bertz CT molecular complexity index is 199. The minimum Gasteiger partial charge on any atom is -0.481 e. The third-order valence-corrected chi connectivity index (χ3v) is 1.51. The van der Waals surface area contributed by atoms with E-state index in [0.717, 1.165) is 0 Å². The summed E-state index contributed by atoms with van der Waals surface area (Å²) in [5.74, 6) is -2.07. The fraction of sp³-hybridized carbons (Fsp3) is 0.600. The van der Waals surface area contributed by atoms with Crippen LogP contribution in [0, 0.1) is 0 Å². The van der Waals surface area contributed by atoms with Gasteiger partial charge < -0.3 is 10.2 Å². The third kappa shape index (κ3) is 1.66. The maximum atomic E-state index is 10.4. The molecule has 4 N–H and O–H groups in total. The molecule has 0 aliphatic carbocycles.